The lowest BCUT2D eigenvalue weighted by Gasteiger charge is -2.37. The minimum absolute atomic E-state index is 0. The molecule has 22 heavy (non-hydrogen) atoms. The second kappa shape index (κ2) is 9.50. The standard InChI is InChI=1S/C15H22ClN3OS.ClH/c1-21-11-6-13(17)15(20)19-9-7-18(8-10-19)14-5-3-2-4-12(14)16;/h2-5,13H,6-11,17H2,1H3;1H/t13-;/m0./s1. The summed E-state index contributed by atoms with van der Waals surface area (Å²) in [6.45, 7) is 3.00. The first-order valence-corrected chi connectivity index (χ1v) is 8.93. The average Bonchev–Trinajstić information content (AvgIpc) is 2.52. The fourth-order valence-corrected chi connectivity index (χ4v) is 3.22. The predicted octanol–water partition coefficient (Wildman–Crippen LogP) is 2.49. The first-order valence-electron chi connectivity index (χ1n) is 7.16. The van der Waals surface area contributed by atoms with Gasteiger partial charge in [-0.2, -0.15) is 11.8 Å². The Bertz CT molecular complexity index is 482. The number of nitrogens with zero attached hydrogens (tertiary/aromatic N) is 2. The Balaban J connectivity index is 0.00000242. The van der Waals surface area contributed by atoms with Crippen LogP contribution in [-0.2, 0) is 4.79 Å². The Labute approximate surface area is 147 Å². The molecular weight excluding hydrogens is 341 g/mol. The molecule has 1 aromatic carbocycles. The fraction of sp³-hybridized carbons (Fsp3) is 0.533. The number of hydrogen-bond acceptors (Lipinski definition) is 4. The van der Waals surface area contributed by atoms with Gasteiger partial charge in [-0.05, 0) is 30.6 Å². The Morgan fingerprint density at radius 3 is 2.55 bits per heavy atom. The molecule has 1 aliphatic heterocycles. The van der Waals surface area contributed by atoms with Crippen LogP contribution in [0.4, 0.5) is 5.69 Å². The number of anilines is 1. The summed E-state index contributed by atoms with van der Waals surface area (Å²) in [4.78, 5) is 16.4. The van der Waals surface area contributed by atoms with Gasteiger partial charge in [0.15, 0.2) is 0 Å². The van der Waals surface area contributed by atoms with E-state index in [9.17, 15) is 4.79 Å². The van der Waals surface area contributed by atoms with E-state index in [1.54, 1.807) is 11.8 Å². The normalized spacial score (nSPS) is 16.1. The quantitative estimate of drug-likeness (QED) is 0.872. The van der Waals surface area contributed by atoms with Crippen molar-refractivity contribution in [3.8, 4) is 0 Å². The summed E-state index contributed by atoms with van der Waals surface area (Å²) >= 11 is 7.94. The highest BCUT2D eigenvalue weighted by atomic mass is 35.5. The fourth-order valence-electron chi connectivity index (χ4n) is 2.48. The summed E-state index contributed by atoms with van der Waals surface area (Å²) in [6.07, 6.45) is 2.77. The number of halogens is 2. The summed E-state index contributed by atoms with van der Waals surface area (Å²) in [5.41, 5.74) is 7.00. The van der Waals surface area contributed by atoms with E-state index in [1.165, 1.54) is 0 Å². The van der Waals surface area contributed by atoms with Gasteiger partial charge in [0.1, 0.15) is 0 Å². The van der Waals surface area contributed by atoms with Crippen LogP contribution in [0.15, 0.2) is 24.3 Å². The smallest absolute Gasteiger partial charge is 0.239 e. The van der Waals surface area contributed by atoms with Gasteiger partial charge in [-0.1, -0.05) is 23.7 Å². The molecule has 1 amide bonds. The number of para-hydroxylation sites is 1. The first-order chi connectivity index (χ1) is 10.1. The minimum Gasteiger partial charge on any atom is -0.367 e. The van der Waals surface area contributed by atoms with Crippen LogP contribution in [0.3, 0.4) is 0 Å². The second-order valence-electron chi connectivity index (χ2n) is 5.15. The zero-order valence-corrected chi connectivity index (χ0v) is 15.1. The molecular formula is C15H23Cl2N3OS. The molecule has 0 aliphatic carbocycles. The van der Waals surface area contributed by atoms with Crippen molar-refractivity contribution >= 4 is 47.4 Å². The largest absolute Gasteiger partial charge is 0.367 e. The van der Waals surface area contributed by atoms with Gasteiger partial charge in [-0.25, -0.2) is 0 Å². The van der Waals surface area contributed by atoms with E-state index in [0.29, 0.717) is 13.1 Å². The van der Waals surface area contributed by atoms with Crippen LogP contribution in [0.25, 0.3) is 0 Å². The van der Waals surface area contributed by atoms with Crippen molar-refractivity contribution in [2.45, 2.75) is 12.5 Å². The summed E-state index contributed by atoms with van der Waals surface area (Å²) in [5, 5.41) is 0.758. The number of amides is 1. The minimum atomic E-state index is -0.371. The molecule has 1 atom stereocenters. The molecule has 0 saturated carbocycles. The van der Waals surface area contributed by atoms with Crippen LogP contribution in [0.2, 0.25) is 5.02 Å². The summed E-state index contributed by atoms with van der Waals surface area (Å²) in [7, 11) is 0. The van der Waals surface area contributed by atoms with Crippen LogP contribution >= 0.6 is 35.8 Å². The Morgan fingerprint density at radius 1 is 1.32 bits per heavy atom. The van der Waals surface area contributed by atoms with Crippen molar-refractivity contribution in [3.63, 3.8) is 0 Å². The molecule has 2 rings (SSSR count). The van der Waals surface area contributed by atoms with E-state index in [0.717, 1.165) is 36.0 Å². The Kier molecular flexibility index (Phi) is 8.39. The molecule has 0 unspecified atom stereocenters. The predicted molar refractivity (Wildman–Crippen MR) is 98.5 cm³/mol. The molecule has 1 aliphatic rings. The molecule has 1 aromatic rings. The third kappa shape index (κ3) is 4.95. The molecule has 2 N–H and O–H groups in total. The second-order valence-corrected chi connectivity index (χ2v) is 6.54. The Hall–Kier alpha value is -0.620. The van der Waals surface area contributed by atoms with Gasteiger partial charge in [0.25, 0.3) is 0 Å². The molecule has 0 bridgehead atoms. The number of hydrogen-bond donors (Lipinski definition) is 1. The number of nitrogens with two attached hydrogens (primary N) is 1. The SMILES string of the molecule is CSCC[C@H](N)C(=O)N1CCN(c2ccccc2Cl)CC1.Cl. The van der Waals surface area contributed by atoms with Gasteiger partial charge >= 0.3 is 0 Å². The number of carbonyl (C=O) groups excluding carboxylic acids is 1. The molecule has 0 radical (unpaired) electrons. The van der Waals surface area contributed by atoms with Crippen molar-refractivity contribution < 1.29 is 4.79 Å². The van der Waals surface area contributed by atoms with Crippen LogP contribution in [0, 0.1) is 0 Å². The Morgan fingerprint density at radius 2 is 1.95 bits per heavy atom. The summed E-state index contributed by atoms with van der Waals surface area (Å²) < 4.78 is 0. The molecule has 0 spiro atoms. The molecule has 1 saturated heterocycles. The monoisotopic (exact) mass is 363 g/mol. The van der Waals surface area contributed by atoms with Gasteiger partial charge in [0.2, 0.25) is 5.91 Å². The zero-order valence-electron chi connectivity index (χ0n) is 12.7. The number of rotatable bonds is 5. The number of thioether (sulfide) groups is 1. The van der Waals surface area contributed by atoms with E-state index in [1.807, 2.05) is 35.4 Å². The van der Waals surface area contributed by atoms with Gasteiger partial charge in [-0.3, -0.25) is 4.79 Å². The average molecular weight is 364 g/mol. The summed E-state index contributed by atoms with van der Waals surface area (Å²) in [5.74, 6) is 0.995. The topological polar surface area (TPSA) is 49.6 Å². The van der Waals surface area contributed by atoms with E-state index < -0.39 is 0 Å². The highest BCUT2D eigenvalue weighted by molar-refractivity contribution is 7.98. The molecule has 1 fully saturated rings. The van der Waals surface area contributed by atoms with E-state index in [-0.39, 0.29) is 24.4 Å². The van der Waals surface area contributed by atoms with E-state index in [4.69, 9.17) is 17.3 Å². The third-order valence-electron chi connectivity index (χ3n) is 3.73. The lowest BCUT2D eigenvalue weighted by atomic mass is 10.2. The number of benzene rings is 1. The van der Waals surface area contributed by atoms with Crippen molar-refractivity contribution in [3.05, 3.63) is 29.3 Å². The van der Waals surface area contributed by atoms with E-state index >= 15 is 0 Å². The third-order valence-corrected chi connectivity index (χ3v) is 4.70. The van der Waals surface area contributed by atoms with Gasteiger partial charge < -0.3 is 15.5 Å². The van der Waals surface area contributed by atoms with Crippen molar-refractivity contribution in [1.29, 1.82) is 0 Å². The number of carbonyl (C=O) groups is 1. The van der Waals surface area contributed by atoms with Crippen molar-refractivity contribution in [2.75, 3.05) is 43.1 Å². The van der Waals surface area contributed by atoms with Gasteiger partial charge in [0.05, 0.1) is 16.8 Å². The van der Waals surface area contributed by atoms with Crippen molar-refractivity contribution in [1.82, 2.24) is 4.90 Å². The zero-order chi connectivity index (χ0) is 15.2. The number of piperazine rings is 1. The summed E-state index contributed by atoms with van der Waals surface area (Å²) in [6, 6.07) is 7.45. The van der Waals surface area contributed by atoms with Gasteiger partial charge in [0, 0.05) is 26.2 Å². The molecule has 0 aromatic heterocycles. The maximum Gasteiger partial charge on any atom is 0.239 e. The van der Waals surface area contributed by atoms with Crippen LogP contribution in [0.5, 0.6) is 0 Å². The van der Waals surface area contributed by atoms with Gasteiger partial charge in [-0.15, -0.1) is 12.4 Å². The van der Waals surface area contributed by atoms with Crippen LogP contribution < -0.4 is 10.6 Å². The lowest BCUT2D eigenvalue weighted by Crippen LogP contribution is -2.53. The molecule has 7 heteroatoms. The van der Waals surface area contributed by atoms with E-state index in [2.05, 4.69) is 4.90 Å². The highest BCUT2D eigenvalue weighted by Crippen LogP contribution is 2.26. The van der Waals surface area contributed by atoms with Crippen molar-refractivity contribution in [2.24, 2.45) is 5.73 Å². The maximum absolute atomic E-state index is 12.3. The lowest BCUT2D eigenvalue weighted by molar-refractivity contribution is -0.132. The molecule has 4 nitrogen and oxygen atoms in total. The molecule has 124 valence electrons. The van der Waals surface area contributed by atoms with Crippen LogP contribution in [-0.4, -0.2) is 55.0 Å². The maximum atomic E-state index is 12.3. The highest BCUT2D eigenvalue weighted by Gasteiger charge is 2.25. The molecule has 1 heterocycles. The van der Waals surface area contributed by atoms with Crippen LogP contribution in [0.1, 0.15) is 6.42 Å². The first kappa shape index (κ1) is 19.4.